The second-order valence-electron chi connectivity index (χ2n) is 6.25. The zero-order chi connectivity index (χ0) is 18.8. The third-order valence-electron chi connectivity index (χ3n) is 4.49. The Balaban J connectivity index is 1.75. The highest BCUT2D eigenvalue weighted by Gasteiger charge is 2.19. The number of aliphatic hydroxyl groups excluding tert-OH is 1. The molecule has 0 aliphatic rings. The third kappa shape index (κ3) is 3.52. The lowest BCUT2D eigenvalue weighted by Crippen LogP contribution is -2.00. The quantitative estimate of drug-likeness (QED) is 0.564. The normalized spacial score (nSPS) is 12.3. The van der Waals surface area contributed by atoms with Gasteiger partial charge in [0.2, 0.25) is 0 Å². The van der Waals surface area contributed by atoms with E-state index in [4.69, 9.17) is 16.3 Å². The maximum absolute atomic E-state index is 10.9. The fourth-order valence-electron chi connectivity index (χ4n) is 3.15. The third-order valence-corrected chi connectivity index (χ3v) is 4.74. The summed E-state index contributed by atoms with van der Waals surface area (Å²) >= 11 is 5.96. The molecule has 4 aromatic rings. The van der Waals surface area contributed by atoms with E-state index >= 15 is 0 Å². The maximum Gasteiger partial charge on any atom is 0.159 e. The van der Waals surface area contributed by atoms with Crippen LogP contribution in [0.25, 0.3) is 11.2 Å². The van der Waals surface area contributed by atoms with E-state index in [1.54, 1.807) is 31.6 Å². The minimum absolute atomic E-state index is 0.597. The zero-order valence-electron chi connectivity index (χ0n) is 14.7. The average molecular weight is 380 g/mol. The van der Waals surface area contributed by atoms with Crippen molar-refractivity contribution in [2.24, 2.45) is 0 Å². The number of rotatable bonds is 5. The molecule has 6 heteroatoms. The van der Waals surface area contributed by atoms with Gasteiger partial charge in [-0.2, -0.15) is 0 Å². The summed E-state index contributed by atoms with van der Waals surface area (Å²) in [5.41, 5.74) is 3.95. The molecule has 0 spiro atoms. The summed E-state index contributed by atoms with van der Waals surface area (Å²) in [5.74, 6) is 0.802. The molecule has 0 aliphatic heterocycles. The van der Waals surface area contributed by atoms with Gasteiger partial charge >= 0.3 is 0 Å². The van der Waals surface area contributed by atoms with E-state index in [0.717, 1.165) is 22.5 Å². The first-order valence-electron chi connectivity index (χ1n) is 8.52. The van der Waals surface area contributed by atoms with Crippen molar-refractivity contribution < 1.29 is 9.84 Å². The second-order valence-corrected chi connectivity index (χ2v) is 6.68. The smallest absolute Gasteiger partial charge is 0.159 e. The van der Waals surface area contributed by atoms with Crippen molar-refractivity contribution in [1.29, 1.82) is 0 Å². The lowest BCUT2D eigenvalue weighted by molar-refractivity contribution is 0.221. The second kappa shape index (κ2) is 7.39. The highest BCUT2D eigenvalue weighted by molar-refractivity contribution is 6.30. The Labute approximate surface area is 161 Å². The number of ether oxygens (including phenoxy) is 1. The summed E-state index contributed by atoms with van der Waals surface area (Å²) < 4.78 is 7.29. The Morgan fingerprint density at radius 2 is 1.89 bits per heavy atom. The summed E-state index contributed by atoms with van der Waals surface area (Å²) in [4.78, 5) is 8.91. The predicted molar refractivity (Wildman–Crippen MR) is 105 cm³/mol. The summed E-state index contributed by atoms with van der Waals surface area (Å²) in [6, 6.07) is 15.0. The van der Waals surface area contributed by atoms with E-state index in [1.807, 2.05) is 47.2 Å². The summed E-state index contributed by atoms with van der Waals surface area (Å²) in [5, 5.41) is 11.5. The summed E-state index contributed by atoms with van der Waals surface area (Å²) in [7, 11) is 1.65. The van der Waals surface area contributed by atoms with E-state index < -0.39 is 6.10 Å². The molecule has 2 aromatic heterocycles. The Morgan fingerprint density at radius 1 is 1.11 bits per heavy atom. The molecule has 0 amide bonds. The fourth-order valence-corrected chi connectivity index (χ4v) is 3.27. The molecular weight excluding hydrogens is 362 g/mol. The van der Waals surface area contributed by atoms with E-state index in [2.05, 4.69) is 9.97 Å². The van der Waals surface area contributed by atoms with Crippen LogP contribution in [0.4, 0.5) is 0 Å². The topological polar surface area (TPSA) is 60.2 Å². The van der Waals surface area contributed by atoms with Crippen LogP contribution in [0, 0.1) is 0 Å². The Morgan fingerprint density at radius 3 is 2.67 bits per heavy atom. The number of aliphatic hydroxyl groups is 1. The molecule has 5 nitrogen and oxygen atoms in total. The van der Waals surface area contributed by atoms with Crippen molar-refractivity contribution in [3.05, 3.63) is 88.8 Å². The summed E-state index contributed by atoms with van der Waals surface area (Å²) in [6.45, 7) is 0.597. The fraction of sp³-hybridized carbons (Fsp3) is 0.143. The van der Waals surface area contributed by atoms with Gasteiger partial charge < -0.3 is 14.4 Å². The molecule has 0 bridgehead atoms. The molecule has 0 saturated carbocycles. The van der Waals surface area contributed by atoms with Crippen molar-refractivity contribution in [3.8, 4) is 5.75 Å². The van der Waals surface area contributed by atoms with E-state index in [-0.39, 0.29) is 0 Å². The van der Waals surface area contributed by atoms with E-state index in [1.165, 1.54) is 0 Å². The standard InChI is InChI=1S/C21H18ClN3O2/c1-27-17-4-2-3-14(11-17)12-25-13-18(19-21(25)24-10-9-23-19)20(26)15-5-7-16(22)8-6-15/h2-11,13,20,26H,12H2,1H3. The molecule has 4 rings (SSSR count). The first-order valence-corrected chi connectivity index (χ1v) is 8.89. The molecule has 0 saturated heterocycles. The highest BCUT2D eigenvalue weighted by atomic mass is 35.5. The number of hydrogen-bond donors (Lipinski definition) is 1. The molecule has 1 unspecified atom stereocenters. The van der Waals surface area contributed by atoms with E-state index in [0.29, 0.717) is 22.6 Å². The van der Waals surface area contributed by atoms with Crippen molar-refractivity contribution in [2.45, 2.75) is 12.6 Å². The lowest BCUT2D eigenvalue weighted by Gasteiger charge is -2.10. The van der Waals surface area contributed by atoms with Crippen LogP contribution in [0.5, 0.6) is 5.75 Å². The number of hydrogen-bond acceptors (Lipinski definition) is 4. The van der Waals surface area contributed by atoms with Crippen LogP contribution in [0.1, 0.15) is 22.8 Å². The predicted octanol–water partition coefficient (Wildman–Crippen LogP) is 4.22. The van der Waals surface area contributed by atoms with Gasteiger partial charge in [0.1, 0.15) is 17.4 Å². The van der Waals surface area contributed by atoms with Crippen LogP contribution in [-0.4, -0.2) is 26.8 Å². The van der Waals surface area contributed by atoms with Gasteiger partial charge in [0.05, 0.1) is 7.11 Å². The number of nitrogens with zero attached hydrogens (tertiary/aromatic N) is 3. The van der Waals surface area contributed by atoms with Crippen molar-refractivity contribution in [2.75, 3.05) is 7.11 Å². The van der Waals surface area contributed by atoms with Crippen molar-refractivity contribution in [3.63, 3.8) is 0 Å². The van der Waals surface area contributed by atoms with E-state index in [9.17, 15) is 5.11 Å². The monoisotopic (exact) mass is 379 g/mol. The van der Waals surface area contributed by atoms with Crippen molar-refractivity contribution >= 4 is 22.8 Å². The van der Waals surface area contributed by atoms with Gasteiger partial charge in [-0.05, 0) is 35.4 Å². The molecule has 27 heavy (non-hydrogen) atoms. The minimum Gasteiger partial charge on any atom is -0.497 e. The average Bonchev–Trinajstić information content (AvgIpc) is 3.07. The molecule has 2 aromatic carbocycles. The number of halogens is 1. The van der Waals surface area contributed by atoms with Crippen LogP contribution < -0.4 is 4.74 Å². The molecule has 0 radical (unpaired) electrons. The Bertz CT molecular complexity index is 1080. The van der Waals surface area contributed by atoms with Crippen LogP contribution in [0.3, 0.4) is 0 Å². The van der Waals surface area contributed by atoms with Gasteiger partial charge in [0.25, 0.3) is 0 Å². The van der Waals surface area contributed by atoms with Crippen LogP contribution in [0.15, 0.2) is 67.1 Å². The van der Waals surface area contributed by atoms with Gasteiger partial charge in [-0.15, -0.1) is 0 Å². The van der Waals surface area contributed by atoms with Gasteiger partial charge in [0, 0.05) is 35.7 Å². The Hall–Kier alpha value is -2.89. The van der Waals surface area contributed by atoms with Gasteiger partial charge in [0.15, 0.2) is 5.65 Å². The largest absolute Gasteiger partial charge is 0.497 e. The minimum atomic E-state index is -0.812. The molecule has 2 heterocycles. The molecular formula is C21H18ClN3O2. The van der Waals surface area contributed by atoms with Crippen LogP contribution in [-0.2, 0) is 6.54 Å². The van der Waals surface area contributed by atoms with Crippen LogP contribution >= 0.6 is 11.6 Å². The van der Waals surface area contributed by atoms with Gasteiger partial charge in [-0.3, -0.25) is 4.98 Å². The molecule has 136 valence electrons. The summed E-state index contributed by atoms with van der Waals surface area (Å²) in [6.07, 6.45) is 4.38. The molecule has 1 atom stereocenters. The number of fused-ring (bicyclic) bond motifs is 1. The SMILES string of the molecule is COc1cccc(Cn2cc(C(O)c3ccc(Cl)cc3)c3nccnc32)c1. The number of aromatic nitrogens is 3. The molecule has 0 aliphatic carbocycles. The first kappa shape index (κ1) is 17.5. The molecule has 1 N–H and O–H groups in total. The first-order chi connectivity index (χ1) is 13.2. The number of methoxy groups -OCH3 is 1. The zero-order valence-corrected chi connectivity index (χ0v) is 15.5. The van der Waals surface area contributed by atoms with Gasteiger partial charge in [-0.25, -0.2) is 4.98 Å². The number of benzene rings is 2. The molecule has 0 fully saturated rings. The highest BCUT2D eigenvalue weighted by Crippen LogP contribution is 2.30. The van der Waals surface area contributed by atoms with Crippen LogP contribution in [0.2, 0.25) is 5.02 Å². The Kier molecular flexibility index (Phi) is 4.79. The maximum atomic E-state index is 10.9. The van der Waals surface area contributed by atoms with Crippen molar-refractivity contribution in [1.82, 2.24) is 14.5 Å². The van der Waals surface area contributed by atoms with Gasteiger partial charge in [-0.1, -0.05) is 35.9 Å². The lowest BCUT2D eigenvalue weighted by atomic mass is 10.0.